The maximum absolute atomic E-state index is 12.6. The van der Waals surface area contributed by atoms with Crippen molar-refractivity contribution < 1.29 is 23.0 Å². The lowest BCUT2D eigenvalue weighted by Gasteiger charge is -2.47. The lowest BCUT2D eigenvalue weighted by atomic mass is 9.77. The molecule has 5 rings (SSSR count). The lowest BCUT2D eigenvalue weighted by molar-refractivity contribution is -0.0346. The van der Waals surface area contributed by atoms with Gasteiger partial charge in [-0.05, 0) is 59.2 Å². The van der Waals surface area contributed by atoms with Crippen LogP contribution in [0.1, 0.15) is 63.8 Å². The highest BCUT2D eigenvalue weighted by Gasteiger charge is 2.50. The van der Waals surface area contributed by atoms with Crippen molar-refractivity contribution in [2.75, 3.05) is 19.7 Å². The number of nitrogens with zero attached hydrogens (tertiary/aromatic N) is 3. The SMILES string of the molecule is Cc1c2c(nn1[C@@H]1CCNC(C)(C)C1)-c1ccccc1O[C@@]21CCN(C(=O)OCC(F)F)[C@@H](C)C1. The molecular weight excluding hydrogens is 454 g/mol. The zero-order chi connectivity index (χ0) is 25.0. The molecule has 7 nitrogen and oxygen atoms in total. The molecule has 2 aromatic rings. The van der Waals surface area contributed by atoms with Crippen LogP contribution in [-0.2, 0) is 10.3 Å². The number of benzene rings is 1. The standard InChI is InChI=1S/C26H34F2N4O3/c1-16-13-26(10-12-31(16)24(33)34-15-21(27)28)22-17(2)32(18-9-11-29-25(3,4)14-18)30-23(22)19-7-5-6-8-20(19)35-26/h5-8,16,18,21,29H,9-15H2,1-4H3/t16-,18+,26+/m0/s1. The third-order valence-corrected chi connectivity index (χ3v) is 7.71. The van der Waals surface area contributed by atoms with Gasteiger partial charge in [0.2, 0.25) is 0 Å². The molecule has 1 aromatic carbocycles. The average Bonchev–Trinajstić information content (AvgIpc) is 3.15. The fraction of sp³-hybridized carbons (Fsp3) is 0.615. The molecule has 0 radical (unpaired) electrons. The van der Waals surface area contributed by atoms with Gasteiger partial charge in [-0.3, -0.25) is 4.68 Å². The van der Waals surface area contributed by atoms with Crippen LogP contribution < -0.4 is 10.1 Å². The van der Waals surface area contributed by atoms with Gasteiger partial charge in [0.25, 0.3) is 6.43 Å². The number of hydrogen-bond acceptors (Lipinski definition) is 5. The topological polar surface area (TPSA) is 68.6 Å². The second-order valence-electron chi connectivity index (χ2n) is 10.8. The first-order chi connectivity index (χ1) is 16.6. The molecule has 190 valence electrons. The largest absolute Gasteiger partial charge is 0.482 e. The number of para-hydroxylation sites is 1. The van der Waals surface area contributed by atoms with Crippen molar-refractivity contribution in [2.24, 2.45) is 0 Å². The summed E-state index contributed by atoms with van der Waals surface area (Å²) >= 11 is 0. The molecule has 3 aliphatic rings. The second kappa shape index (κ2) is 8.76. The Kier molecular flexibility index (Phi) is 6.02. The number of nitrogens with one attached hydrogen (secondary N) is 1. The molecule has 1 N–H and O–H groups in total. The number of carbonyl (C=O) groups excluding carboxylic acids is 1. The van der Waals surface area contributed by atoms with E-state index in [4.69, 9.17) is 14.6 Å². The molecule has 1 aromatic heterocycles. The van der Waals surface area contributed by atoms with Crippen LogP contribution in [0.3, 0.4) is 0 Å². The average molecular weight is 489 g/mol. The van der Waals surface area contributed by atoms with E-state index in [0.717, 1.165) is 47.7 Å². The van der Waals surface area contributed by atoms with Gasteiger partial charge >= 0.3 is 6.09 Å². The van der Waals surface area contributed by atoms with E-state index in [-0.39, 0.29) is 17.6 Å². The minimum absolute atomic E-state index is 0.0341. The van der Waals surface area contributed by atoms with E-state index >= 15 is 0 Å². The first-order valence-corrected chi connectivity index (χ1v) is 12.4. The molecule has 1 amide bonds. The van der Waals surface area contributed by atoms with Gasteiger partial charge in [-0.2, -0.15) is 5.10 Å². The molecule has 9 heteroatoms. The van der Waals surface area contributed by atoms with Crippen LogP contribution in [0.2, 0.25) is 0 Å². The lowest BCUT2D eigenvalue weighted by Crippen LogP contribution is -2.53. The number of rotatable bonds is 3. The molecule has 3 atom stereocenters. The van der Waals surface area contributed by atoms with Crippen LogP contribution in [0.5, 0.6) is 5.75 Å². The van der Waals surface area contributed by atoms with Crippen LogP contribution >= 0.6 is 0 Å². The number of halogens is 2. The van der Waals surface area contributed by atoms with E-state index < -0.39 is 24.7 Å². The minimum atomic E-state index is -2.68. The summed E-state index contributed by atoms with van der Waals surface area (Å²) in [6.07, 6.45) is -0.340. The number of likely N-dealkylation sites (tertiary alicyclic amines) is 1. The van der Waals surface area contributed by atoms with Crippen molar-refractivity contribution >= 4 is 6.09 Å². The van der Waals surface area contributed by atoms with E-state index in [1.54, 1.807) is 0 Å². The highest BCUT2D eigenvalue weighted by Crippen LogP contribution is 2.52. The van der Waals surface area contributed by atoms with Gasteiger partial charge in [-0.1, -0.05) is 12.1 Å². The van der Waals surface area contributed by atoms with Crippen LogP contribution in [0, 0.1) is 6.92 Å². The smallest absolute Gasteiger partial charge is 0.410 e. The highest BCUT2D eigenvalue weighted by atomic mass is 19.3. The van der Waals surface area contributed by atoms with Crippen LogP contribution in [0.25, 0.3) is 11.3 Å². The summed E-state index contributed by atoms with van der Waals surface area (Å²) in [6, 6.07) is 8.00. The van der Waals surface area contributed by atoms with E-state index in [1.807, 2.05) is 31.2 Å². The Labute approximate surface area is 204 Å². The summed E-state index contributed by atoms with van der Waals surface area (Å²) in [5.41, 5.74) is 3.49. The van der Waals surface area contributed by atoms with Crippen LogP contribution in [-0.4, -0.2) is 58.5 Å². The quantitative estimate of drug-likeness (QED) is 0.656. The molecule has 35 heavy (non-hydrogen) atoms. The highest BCUT2D eigenvalue weighted by molar-refractivity contribution is 5.75. The summed E-state index contributed by atoms with van der Waals surface area (Å²) in [5, 5.41) is 8.77. The summed E-state index contributed by atoms with van der Waals surface area (Å²) in [6.45, 7) is 8.89. The van der Waals surface area contributed by atoms with Gasteiger partial charge in [0.15, 0.2) is 6.61 Å². The Bertz CT molecular complexity index is 1120. The first kappa shape index (κ1) is 24.0. The van der Waals surface area contributed by atoms with Gasteiger partial charge < -0.3 is 19.7 Å². The molecule has 0 unspecified atom stereocenters. The van der Waals surface area contributed by atoms with E-state index in [1.165, 1.54) is 4.90 Å². The van der Waals surface area contributed by atoms with Gasteiger partial charge in [0, 0.05) is 47.8 Å². The predicted molar refractivity (Wildman–Crippen MR) is 128 cm³/mol. The van der Waals surface area contributed by atoms with Crippen molar-refractivity contribution in [3.63, 3.8) is 0 Å². The Morgan fingerprint density at radius 1 is 1.31 bits per heavy atom. The number of carbonyl (C=O) groups is 1. The van der Waals surface area contributed by atoms with Crippen molar-refractivity contribution in [1.82, 2.24) is 20.0 Å². The first-order valence-electron chi connectivity index (χ1n) is 12.4. The Balaban J connectivity index is 1.51. The summed E-state index contributed by atoms with van der Waals surface area (Å²) in [5.74, 6) is 0.788. The Morgan fingerprint density at radius 2 is 2.09 bits per heavy atom. The third kappa shape index (κ3) is 4.28. The Morgan fingerprint density at radius 3 is 2.80 bits per heavy atom. The van der Waals surface area contributed by atoms with Gasteiger partial charge in [0.05, 0.1) is 6.04 Å². The summed E-state index contributed by atoms with van der Waals surface area (Å²) < 4.78 is 38.9. The monoisotopic (exact) mass is 488 g/mol. The molecule has 0 saturated carbocycles. The normalized spacial score (nSPS) is 27.3. The third-order valence-electron chi connectivity index (χ3n) is 7.71. The van der Waals surface area contributed by atoms with Gasteiger partial charge in [0.1, 0.15) is 17.0 Å². The van der Waals surface area contributed by atoms with Crippen molar-refractivity contribution in [3.05, 3.63) is 35.5 Å². The summed E-state index contributed by atoms with van der Waals surface area (Å²) in [4.78, 5) is 14.0. The van der Waals surface area contributed by atoms with Gasteiger partial charge in [-0.25, -0.2) is 13.6 Å². The van der Waals surface area contributed by atoms with Crippen LogP contribution in [0.4, 0.5) is 13.6 Å². The molecule has 2 saturated heterocycles. The maximum atomic E-state index is 12.6. The second-order valence-corrected chi connectivity index (χ2v) is 10.8. The fourth-order valence-corrected chi connectivity index (χ4v) is 6.19. The molecule has 1 spiro atoms. The van der Waals surface area contributed by atoms with E-state index in [9.17, 15) is 13.6 Å². The van der Waals surface area contributed by atoms with Crippen LogP contribution in [0.15, 0.2) is 24.3 Å². The molecule has 3 aliphatic heterocycles. The molecular formula is C26H34F2N4O3. The van der Waals surface area contributed by atoms with Crippen molar-refractivity contribution in [1.29, 1.82) is 0 Å². The number of hydrogen-bond donors (Lipinski definition) is 1. The number of ether oxygens (including phenoxy) is 2. The maximum Gasteiger partial charge on any atom is 0.410 e. The number of aromatic nitrogens is 2. The number of amides is 1. The molecule has 0 aliphatic carbocycles. The minimum Gasteiger partial charge on any atom is -0.482 e. The van der Waals surface area contributed by atoms with E-state index in [2.05, 4.69) is 30.8 Å². The number of fused-ring (bicyclic) bond motifs is 4. The zero-order valence-electron chi connectivity index (χ0n) is 20.8. The molecule has 0 bridgehead atoms. The number of alkyl halides is 2. The van der Waals surface area contributed by atoms with Crippen molar-refractivity contribution in [3.8, 4) is 17.0 Å². The fourth-order valence-electron chi connectivity index (χ4n) is 6.19. The van der Waals surface area contributed by atoms with Crippen molar-refractivity contribution in [2.45, 2.75) is 83.0 Å². The summed E-state index contributed by atoms with van der Waals surface area (Å²) in [7, 11) is 0. The zero-order valence-corrected chi connectivity index (χ0v) is 20.8. The van der Waals surface area contributed by atoms with Gasteiger partial charge in [-0.15, -0.1) is 0 Å². The molecule has 2 fully saturated rings. The predicted octanol–water partition coefficient (Wildman–Crippen LogP) is 5.04. The Hall–Kier alpha value is -2.68. The van der Waals surface area contributed by atoms with E-state index in [0.29, 0.717) is 19.4 Å². The number of piperidine rings is 2. The molecule has 4 heterocycles.